The van der Waals surface area contributed by atoms with E-state index in [9.17, 15) is 0 Å². The van der Waals surface area contributed by atoms with Crippen molar-refractivity contribution in [3.05, 3.63) is 44.7 Å². The van der Waals surface area contributed by atoms with E-state index in [0.717, 1.165) is 0 Å². The number of hydrogen-bond acceptors (Lipinski definition) is 1. The summed E-state index contributed by atoms with van der Waals surface area (Å²) in [4.78, 5) is 9.91. The van der Waals surface area contributed by atoms with Gasteiger partial charge in [0.2, 0.25) is 0 Å². The summed E-state index contributed by atoms with van der Waals surface area (Å²) in [6.07, 6.45) is 0. The minimum atomic E-state index is 0. The van der Waals surface area contributed by atoms with Crippen molar-refractivity contribution in [3.8, 4) is 0 Å². The summed E-state index contributed by atoms with van der Waals surface area (Å²) in [5.74, 6) is 0. The Morgan fingerprint density at radius 2 is 1.64 bits per heavy atom. The molecule has 0 unspecified atom stereocenters. The Bertz CT molecular complexity index is 121. The first-order valence-electron chi connectivity index (χ1n) is 2.77. The quantitative estimate of drug-likeness (QED) is 0.455. The third kappa shape index (κ3) is 26.5. The van der Waals surface area contributed by atoms with Crippen LogP contribution in [-0.4, -0.2) is 4.79 Å². The van der Waals surface area contributed by atoms with Crippen molar-refractivity contribution in [2.24, 2.45) is 0 Å². The molecular formula is C9H13MnO-3. The average Bonchev–Trinajstić information content (AvgIpc) is 2.48. The maximum absolute atomic E-state index is 8.60. The summed E-state index contributed by atoms with van der Waals surface area (Å²) < 4.78 is 0. The summed E-state index contributed by atoms with van der Waals surface area (Å²) in [7, 11) is 0. The van der Waals surface area contributed by atoms with Crippen LogP contribution < -0.4 is 0 Å². The fraction of sp³-hybridized carbons (Fsp3) is 0.111. The molecule has 1 nitrogen and oxygen atoms in total. The van der Waals surface area contributed by atoms with Gasteiger partial charge in [-0.15, -0.1) is 0 Å². The summed E-state index contributed by atoms with van der Waals surface area (Å²) in [5, 5.41) is 0. The fourth-order valence-corrected chi connectivity index (χ4v) is 0.321. The largest absolute Gasteiger partial charge is 0.358 e. The van der Waals surface area contributed by atoms with Gasteiger partial charge in [-0.25, -0.2) is 12.1 Å². The van der Waals surface area contributed by atoms with Gasteiger partial charge in [-0.3, -0.25) is 0 Å². The van der Waals surface area contributed by atoms with Crippen LogP contribution in [0.3, 0.4) is 0 Å². The summed E-state index contributed by atoms with van der Waals surface area (Å²) in [6.45, 7) is 5.00. The molecule has 0 fully saturated rings. The molecule has 0 atom stereocenters. The first-order valence-corrected chi connectivity index (χ1v) is 3.36. The molecule has 1 rings (SSSR count). The second-order valence-electron chi connectivity index (χ2n) is 1.04. The van der Waals surface area contributed by atoms with Crippen LogP contribution in [0.2, 0.25) is 0 Å². The number of hydrogen-bond donors (Lipinski definition) is 0. The van der Waals surface area contributed by atoms with Gasteiger partial charge >= 0.3 is 25.2 Å². The first kappa shape index (κ1) is 16.8. The van der Waals surface area contributed by atoms with E-state index in [0.29, 0.717) is 0 Å². The molecule has 0 spiro atoms. The number of rotatable bonds is 0. The van der Waals surface area contributed by atoms with E-state index in [-0.39, 0.29) is 7.43 Å². The van der Waals surface area contributed by atoms with Crippen LogP contribution in [0.1, 0.15) is 6.92 Å². The topological polar surface area (TPSA) is 17.1 Å². The Hall–Kier alpha value is -0.551. The zero-order valence-corrected chi connectivity index (χ0v) is 8.06. The molecule has 1 aromatic carbocycles. The van der Waals surface area contributed by atoms with E-state index >= 15 is 0 Å². The Kier molecular flexibility index (Phi) is 34.7. The van der Waals surface area contributed by atoms with Crippen molar-refractivity contribution >= 4 is 4.79 Å². The molecule has 0 heterocycles. The van der Waals surface area contributed by atoms with Crippen LogP contribution in [0.4, 0.5) is 0 Å². The molecule has 0 N–H and O–H groups in total. The van der Waals surface area contributed by atoms with E-state index in [1.54, 1.807) is 6.92 Å². The van der Waals surface area contributed by atoms with Crippen molar-refractivity contribution in [2.75, 3.05) is 0 Å². The van der Waals surface area contributed by atoms with Crippen LogP contribution in [0.5, 0.6) is 0 Å². The Balaban J connectivity index is -0.0000000956. The van der Waals surface area contributed by atoms with Crippen LogP contribution in [0.15, 0.2) is 30.3 Å². The SMILES string of the molecule is O=[C]=[Mn].[CH2-]C.[CH3-].c1cc[cH-]c1. The van der Waals surface area contributed by atoms with Gasteiger partial charge in [0.05, 0.1) is 0 Å². The molecule has 65 valence electrons. The van der Waals surface area contributed by atoms with Gasteiger partial charge in [0.25, 0.3) is 0 Å². The van der Waals surface area contributed by atoms with Gasteiger partial charge in [-0.2, -0.15) is 25.1 Å². The van der Waals surface area contributed by atoms with Crippen molar-refractivity contribution in [2.45, 2.75) is 6.92 Å². The number of carbonyl (C=O) groups excluding carboxylic acids is 1. The van der Waals surface area contributed by atoms with Crippen LogP contribution in [-0.2, 0) is 20.4 Å². The van der Waals surface area contributed by atoms with Crippen molar-refractivity contribution in [1.82, 2.24) is 0 Å². The van der Waals surface area contributed by atoms with Crippen LogP contribution in [0, 0.1) is 14.4 Å². The maximum atomic E-state index is 8.60. The van der Waals surface area contributed by atoms with E-state index in [4.69, 9.17) is 4.79 Å². The van der Waals surface area contributed by atoms with Crippen LogP contribution in [0.25, 0.3) is 0 Å². The summed E-state index contributed by atoms with van der Waals surface area (Å²) in [5.41, 5.74) is 0. The van der Waals surface area contributed by atoms with Gasteiger partial charge in [-0.1, -0.05) is 0 Å². The molecule has 0 saturated carbocycles. The zero-order valence-electron chi connectivity index (χ0n) is 6.88. The Morgan fingerprint density at radius 1 is 1.36 bits per heavy atom. The van der Waals surface area contributed by atoms with Crippen molar-refractivity contribution in [1.29, 1.82) is 0 Å². The second kappa shape index (κ2) is 22.7. The third-order valence-corrected chi connectivity index (χ3v) is 0.556. The van der Waals surface area contributed by atoms with Gasteiger partial charge in [0, 0.05) is 0 Å². The Labute approximate surface area is 77.2 Å². The predicted octanol–water partition coefficient (Wildman–Crippen LogP) is 2.30. The summed E-state index contributed by atoms with van der Waals surface area (Å²) >= 11 is 2.34. The molecule has 0 aromatic heterocycles. The van der Waals surface area contributed by atoms with Crippen LogP contribution >= 0.6 is 0 Å². The third-order valence-electron chi connectivity index (χ3n) is 0.556. The molecule has 2 heteroatoms. The van der Waals surface area contributed by atoms with E-state index < -0.39 is 0 Å². The second-order valence-corrected chi connectivity index (χ2v) is 1.28. The molecule has 0 bridgehead atoms. The van der Waals surface area contributed by atoms with Gasteiger partial charge < -0.3 is 14.4 Å². The Morgan fingerprint density at radius 3 is 1.73 bits per heavy atom. The molecular weight excluding hydrogens is 179 g/mol. The minimum Gasteiger partial charge on any atom is -0.358 e. The van der Waals surface area contributed by atoms with Crippen molar-refractivity contribution < 1.29 is 20.4 Å². The zero-order chi connectivity index (χ0) is 8.24. The molecule has 11 heavy (non-hydrogen) atoms. The predicted molar refractivity (Wildman–Crippen MR) is 45.2 cm³/mol. The first-order chi connectivity index (χ1) is 4.91. The van der Waals surface area contributed by atoms with Gasteiger partial charge in [0.15, 0.2) is 0 Å². The van der Waals surface area contributed by atoms with E-state index in [1.165, 1.54) is 4.79 Å². The normalized spacial score (nSPS) is 4.91. The average molecular weight is 192 g/mol. The molecule has 0 amide bonds. The standard InChI is InChI=1S/C5H5.C2H5.CO.CH3.Mn/c1-2-4-5-3-1;2*1-2;;/h1-5H;1H2,2H3;;1H3;/q2*-1;;-1;. The smallest absolute Gasteiger partial charge is 0.172 e. The monoisotopic (exact) mass is 192 g/mol. The molecule has 0 aliphatic carbocycles. The molecule has 1 aromatic rings. The molecule has 0 aliphatic rings. The molecule has 0 saturated heterocycles. The molecule has 0 radical (unpaired) electrons. The minimum absolute atomic E-state index is 0. The maximum Gasteiger partial charge on any atom is -0.172 e. The van der Waals surface area contributed by atoms with E-state index in [2.05, 4.69) is 22.5 Å². The van der Waals surface area contributed by atoms with Gasteiger partial charge in [-0.05, 0) is 0 Å². The van der Waals surface area contributed by atoms with E-state index in [1.807, 2.05) is 30.3 Å². The molecule has 0 aliphatic heterocycles. The van der Waals surface area contributed by atoms with Crippen molar-refractivity contribution in [3.63, 3.8) is 0 Å². The summed E-state index contributed by atoms with van der Waals surface area (Å²) in [6, 6.07) is 10.0. The van der Waals surface area contributed by atoms with Gasteiger partial charge in [0.1, 0.15) is 0 Å². The fourth-order valence-electron chi connectivity index (χ4n) is 0.321.